The summed E-state index contributed by atoms with van der Waals surface area (Å²) in [6, 6.07) is 45.2. The maximum atomic E-state index is 6.39. The summed E-state index contributed by atoms with van der Waals surface area (Å²) in [6.07, 6.45) is 0. The van der Waals surface area contributed by atoms with Crippen molar-refractivity contribution in [1.82, 2.24) is 0 Å². The molecule has 0 saturated carbocycles. The third kappa shape index (κ3) is 6.28. The number of rotatable bonds is 10. The van der Waals surface area contributed by atoms with Crippen LogP contribution in [0.15, 0.2) is 166 Å². The predicted molar refractivity (Wildman–Crippen MR) is 229 cm³/mol. The van der Waals surface area contributed by atoms with E-state index in [1.807, 2.05) is 72.8 Å². The highest BCUT2D eigenvalue weighted by Gasteiger charge is 2.18. The summed E-state index contributed by atoms with van der Waals surface area (Å²) in [5.41, 5.74) is 0. The Kier molecular flexibility index (Phi) is 8.22. The van der Waals surface area contributed by atoms with Crippen molar-refractivity contribution in [3.05, 3.63) is 144 Å². The Morgan fingerprint density at radius 3 is 0.600 bits per heavy atom. The highest BCUT2D eigenvalue weighted by atomic mass is 32.1. The van der Waals surface area contributed by atoms with Crippen LogP contribution in [0.2, 0.25) is 0 Å². The van der Waals surface area contributed by atoms with Crippen molar-refractivity contribution in [3.63, 3.8) is 0 Å². The first kappa shape index (κ1) is 33.0. The van der Waals surface area contributed by atoms with Gasteiger partial charge in [0.2, 0.25) is 0 Å². The molecule has 0 aliphatic heterocycles. The number of hydrogen-bond donors (Lipinski definition) is 0. The summed E-state index contributed by atoms with van der Waals surface area (Å²) in [6.45, 7) is 0. The quantitative estimate of drug-likeness (QED) is 0.137. The van der Waals surface area contributed by atoms with Crippen LogP contribution in [0.3, 0.4) is 0 Å². The molecule has 0 amide bonds. The molecule has 11 aromatic heterocycles. The van der Waals surface area contributed by atoms with Crippen LogP contribution in [-0.4, -0.2) is 0 Å². The van der Waals surface area contributed by atoms with Crippen molar-refractivity contribution in [2.24, 2.45) is 0 Å². The van der Waals surface area contributed by atoms with Crippen LogP contribution < -0.4 is 0 Å². The minimum atomic E-state index is 0.823. The van der Waals surface area contributed by atoms with E-state index >= 15 is 0 Å². The molecule has 0 aromatic carbocycles. The number of hydrogen-bond acceptors (Lipinski definition) is 11. The predicted octanol–water partition coefficient (Wildman–Crippen LogP) is 16.7. The van der Waals surface area contributed by atoms with Crippen molar-refractivity contribution >= 4 is 68.0 Å². The molecule has 0 atom stereocenters. The molecular formula is C44H24O5S6. The Balaban J connectivity index is 0.765. The van der Waals surface area contributed by atoms with Gasteiger partial charge in [-0.3, -0.25) is 0 Å². The number of thiophene rings is 6. The highest BCUT2D eigenvalue weighted by molar-refractivity contribution is 7.20. The molecule has 266 valence electrons. The van der Waals surface area contributed by atoms with Gasteiger partial charge in [-0.1, -0.05) is 12.1 Å². The van der Waals surface area contributed by atoms with Crippen molar-refractivity contribution in [3.8, 4) is 106 Å². The monoisotopic (exact) mass is 824 g/mol. The summed E-state index contributed by atoms with van der Waals surface area (Å²) < 4.78 is 31.4. The van der Waals surface area contributed by atoms with Crippen LogP contribution in [0.5, 0.6) is 0 Å². The molecule has 0 spiro atoms. The molecule has 0 radical (unpaired) electrons. The molecule has 55 heavy (non-hydrogen) atoms. The Bertz CT molecular complexity index is 2810. The van der Waals surface area contributed by atoms with Gasteiger partial charge in [0, 0.05) is 0 Å². The molecule has 11 aromatic rings. The lowest BCUT2D eigenvalue weighted by atomic mass is 10.3. The summed E-state index contributed by atoms with van der Waals surface area (Å²) in [5.74, 6) is 8.47. The lowest BCUT2D eigenvalue weighted by molar-refractivity contribution is 0.600. The van der Waals surface area contributed by atoms with Gasteiger partial charge in [-0.25, -0.2) is 0 Å². The first-order chi connectivity index (χ1) is 27.2. The molecule has 0 fully saturated rings. The minimum Gasteiger partial charge on any atom is -0.454 e. The fourth-order valence-electron chi connectivity index (χ4n) is 6.26. The fourth-order valence-corrected chi connectivity index (χ4v) is 11.4. The zero-order chi connectivity index (χ0) is 36.3. The average molecular weight is 825 g/mol. The second kappa shape index (κ2) is 13.7. The molecule has 0 aliphatic rings. The Hall–Kier alpha value is -5.40. The standard InChI is InChI=1S/C44H24O5S6/c1-3-35(50-23-1)25-5-7-27(45-25)37-15-17-39(52-37)29-9-11-31(47-29)41-19-21-43(54-41)33-13-14-34(49-33)44-22-20-42(55-44)32-12-10-30(48-32)40-18-16-38(53-40)28-8-6-26(46-28)36-4-2-24-51-36/h1-24H. The first-order valence-electron chi connectivity index (χ1n) is 17.2. The Labute approximate surface area is 338 Å². The van der Waals surface area contributed by atoms with Crippen molar-refractivity contribution in [2.45, 2.75) is 0 Å². The molecule has 11 rings (SSSR count). The van der Waals surface area contributed by atoms with Crippen LogP contribution in [0.1, 0.15) is 0 Å². The van der Waals surface area contributed by atoms with Crippen LogP contribution in [0.25, 0.3) is 106 Å². The summed E-state index contributed by atoms with van der Waals surface area (Å²) in [7, 11) is 0. The average Bonchev–Trinajstić information content (AvgIpc) is 4.08. The molecule has 5 nitrogen and oxygen atoms in total. The molecule has 0 aliphatic carbocycles. The van der Waals surface area contributed by atoms with Crippen molar-refractivity contribution < 1.29 is 22.1 Å². The van der Waals surface area contributed by atoms with Gasteiger partial charge in [0.05, 0.1) is 48.8 Å². The van der Waals surface area contributed by atoms with Gasteiger partial charge in [-0.2, -0.15) is 0 Å². The molecule has 0 unspecified atom stereocenters. The van der Waals surface area contributed by atoms with Gasteiger partial charge in [0.25, 0.3) is 0 Å². The van der Waals surface area contributed by atoms with E-state index in [9.17, 15) is 0 Å². The third-order valence-corrected chi connectivity index (χ3v) is 15.2. The van der Waals surface area contributed by atoms with Gasteiger partial charge < -0.3 is 22.1 Å². The normalized spacial score (nSPS) is 11.6. The highest BCUT2D eigenvalue weighted by Crippen LogP contribution is 2.44. The van der Waals surface area contributed by atoms with Crippen LogP contribution >= 0.6 is 68.0 Å². The van der Waals surface area contributed by atoms with E-state index in [1.165, 1.54) is 0 Å². The van der Waals surface area contributed by atoms with E-state index in [0.29, 0.717) is 0 Å². The lowest BCUT2D eigenvalue weighted by Crippen LogP contribution is -1.64. The van der Waals surface area contributed by atoms with Crippen LogP contribution in [0, 0.1) is 0 Å². The molecule has 0 bridgehead atoms. The molecule has 11 heteroatoms. The third-order valence-electron chi connectivity index (χ3n) is 8.92. The van der Waals surface area contributed by atoms with Crippen molar-refractivity contribution in [1.29, 1.82) is 0 Å². The fraction of sp³-hybridized carbons (Fsp3) is 0. The van der Waals surface area contributed by atoms with E-state index in [4.69, 9.17) is 22.1 Å². The summed E-state index contributed by atoms with van der Waals surface area (Å²) in [4.78, 5) is 10.7. The maximum Gasteiger partial charge on any atom is 0.144 e. The summed E-state index contributed by atoms with van der Waals surface area (Å²) in [5, 5.41) is 4.12. The van der Waals surface area contributed by atoms with E-state index in [0.717, 1.165) is 106 Å². The van der Waals surface area contributed by atoms with Gasteiger partial charge in [-0.15, -0.1) is 68.0 Å². The molecule has 0 saturated heterocycles. The first-order valence-corrected chi connectivity index (χ1v) is 22.2. The van der Waals surface area contributed by atoms with Crippen LogP contribution in [-0.2, 0) is 0 Å². The molecular weight excluding hydrogens is 801 g/mol. The van der Waals surface area contributed by atoms with E-state index < -0.39 is 0 Å². The Morgan fingerprint density at radius 1 is 0.218 bits per heavy atom. The molecule has 0 N–H and O–H groups in total. The molecule has 11 heterocycles. The second-order valence-corrected chi connectivity index (χ2v) is 18.7. The smallest absolute Gasteiger partial charge is 0.144 e. The zero-order valence-corrected chi connectivity index (χ0v) is 33.2. The minimum absolute atomic E-state index is 0.823. The maximum absolute atomic E-state index is 6.39. The zero-order valence-electron chi connectivity index (χ0n) is 28.3. The van der Waals surface area contributed by atoms with Gasteiger partial charge in [-0.05, 0) is 132 Å². The van der Waals surface area contributed by atoms with Crippen molar-refractivity contribution in [2.75, 3.05) is 0 Å². The SMILES string of the molecule is c1csc(-c2ccc(-c3ccc(-c4ccc(-c5ccc(-c6ccc(-c7ccc(-c8ccc(-c9ccc(-c%10ccc(-c%11cccs%11)o%10)s9)o8)s7)o6)s5)o4)s3)o2)c1. The van der Waals surface area contributed by atoms with Gasteiger partial charge >= 0.3 is 0 Å². The largest absolute Gasteiger partial charge is 0.454 e. The second-order valence-electron chi connectivity index (χ2n) is 12.4. The summed E-state index contributed by atoms with van der Waals surface area (Å²) >= 11 is 9.96. The number of furan rings is 5. The van der Waals surface area contributed by atoms with E-state index in [-0.39, 0.29) is 0 Å². The van der Waals surface area contributed by atoms with Gasteiger partial charge in [0.1, 0.15) is 57.6 Å². The van der Waals surface area contributed by atoms with Gasteiger partial charge in [0.15, 0.2) is 0 Å². The van der Waals surface area contributed by atoms with Crippen LogP contribution in [0.4, 0.5) is 0 Å². The topological polar surface area (TPSA) is 65.7 Å². The Morgan fingerprint density at radius 2 is 0.418 bits per heavy atom. The van der Waals surface area contributed by atoms with E-state index in [2.05, 4.69) is 71.4 Å². The lowest BCUT2D eigenvalue weighted by Gasteiger charge is -1.94. The van der Waals surface area contributed by atoms with E-state index in [1.54, 1.807) is 68.0 Å².